The van der Waals surface area contributed by atoms with E-state index in [9.17, 15) is 0 Å². The van der Waals surface area contributed by atoms with Gasteiger partial charge < -0.3 is 4.74 Å². The Bertz CT molecular complexity index is 55.2. The fraction of sp³-hybridized carbons (Fsp3) is 0.833. The van der Waals surface area contributed by atoms with Crippen LogP contribution in [0.4, 0.5) is 0 Å². The molecule has 0 aliphatic carbocycles. The molecule has 0 aromatic rings. The molecule has 1 saturated heterocycles. The van der Waals surface area contributed by atoms with Gasteiger partial charge in [0.1, 0.15) is 0 Å². The summed E-state index contributed by atoms with van der Waals surface area (Å²) in [6.07, 6.45) is 1.75. The standard InChI is InChI=1S/C6H11O/c1-5(2)3-6-4-7-6/h6H,3-4H2,1-2H3. The van der Waals surface area contributed by atoms with E-state index in [2.05, 4.69) is 13.8 Å². The summed E-state index contributed by atoms with van der Waals surface area (Å²) in [5, 5.41) is 0. The second-order valence-electron chi connectivity index (χ2n) is 2.37. The zero-order valence-electron chi connectivity index (χ0n) is 4.90. The summed E-state index contributed by atoms with van der Waals surface area (Å²) in [6.45, 7) is 5.27. The van der Waals surface area contributed by atoms with Crippen molar-refractivity contribution < 1.29 is 4.74 Å². The zero-order valence-corrected chi connectivity index (χ0v) is 4.90. The number of rotatable bonds is 2. The Morgan fingerprint density at radius 3 is 2.43 bits per heavy atom. The molecule has 7 heavy (non-hydrogen) atoms. The second-order valence-corrected chi connectivity index (χ2v) is 2.37. The number of ether oxygens (including phenoxy) is 1. The average molecular weight is 99.2 g/mol. The Balaban J connectivity index is 1.97. The highest BCUT2D eigenvalue weighted by Crippen LogP contribution is 2.19. The lowest BCUT2D eigenvalue weighted by molar-refractivity contribution is 0.400. The monoisotopic (exact) mass is 99.1 g/mol. The lowest BCUT2D eigenvalue weighted by Crippen LogP contribution is -1.89. The SMILES string of the molecule is C[C](C)CC1CO1. The van der Waals surface area contributed by atoms with Gasteiger partial charge in [-0.15, -0.1) is 0 Å². The Labute approximate surface area is 44.7 Å². The van der Waals surface area contributed by atoms with Crippen LogP contribution in [0.15, 0.2) is 0 Å². The Morgan fingerprint density at radius 2 is 2.29 bits per heavy atom. The quantitative estimate of drug-likeness (QED) is 0.476. The summed E-state index contributed by atoms with van der Waals surface area (Å²) < 4.78 is 5.00. The predicted octanol–water partition coefficient (Wildman–Crippen LogP) is 1.39. The lowest BCUT2D eigenvalue weighted by Gasteiger charge is -1.95. The molecule has 1 unspecified atom stereocenters. The van der Waals surface area contributed by atoms with E-state index in [1.165, 1.54) is 12.3 Å². The van der Waals surface area contributed by atoms with E-state index in [0.717, 1.165) is 6.61 Å². The van der Waals surface area contributed by atoms with Crippen molar-refractivity contribution >= 4 is 0 Å². The molecule has 0 amide bonds. The van der Waals surface area contributed by atoms with Crippen LogP contribution in [-0.4, -0.2) is 12.7 Å². The molecule has 1 heterocycles. The fourth-order valence-electron chi connectivity index (χ4n) is 0.641. The third-order valence-corrected chi connectivity index (χ3v) is 1.04. The van der Waals surface area contributed by atoms with E-state index in [1.54, 1.807) is 0 Å². The van der Waals surface area contributed by atoms with Crippen molar-refractivity contribution in [2.45, 2.75) is 26.4 Å². The lowest BCUT2D eigenvalue weighted by atomic mass is 10.1. The van der Waals surface area contributed by atoms with Gasteiger partial charge in [-0.05, 0) is 12.3 Å². The first-order valence-electron chi connectivity index (χ1n) is 2.69. The molecule has 0 aromatic carbocycles. The minimum atomic E-state index is 0.588. The third-order valence-electron chi connectivity index (χ3n) is 1.04. The van der Waals surface area contributed by atoms with Crippen molar-refractivity contribution in [3.63, 3.8) is 0 Å². The summed E-state index contributed by atoms with van der Waals surface area (Å²) >= 11 is 0. The first-order valence-corrected chi connectivity index (χ1v) is 2.69. The van der Waals surface area contributed by atoms with E-state index in [4.69, 9.17) is 4.74 Å². The van der Waals surface area contributed by atoms with Crippen LogP contribution in [-0.2, 0) is 4.74 Å². The van der Waals surface area contributed by atoms with E-state index in [0.29, 0.717) is 6.10 Å². The summed E-state index contributed by atoms with van der Waals surface area (Å²) in [5.41, 5.74) is 0. The van der Waals surface area contributed by atoms with Crippen LogP contribution in [0, 0.1) is 5.92 Å². The van der Waals surface area contributed by atoms with Crippen molar-refractivity contribution in [2.75, 3.05) is 6.61 Å². The van der Waals surface area contributed by atoms with Gasteiger partial charge >= 0.3 is 0 Å². The molecule has 1 aliphatic rings. The van der Waals surface area contributed by atoms with Crippen molar-refractivity contribution in [3.8, 4) is 0 Å². The molecule has 1 rings (SSSR count). The maximum absolute atomic E-state index is 5.00. The summed E-state index contributed by atoms with van der Waals surface area (Å²) in [5.74, 6) is 1.47. The highest BCUT2D eigenvalue weighted by Gasteiger charge is 2.22. The van der Waals surface area contributed by atoms with Gasteiger partial charge in [0.05, 0.1) is 12.7 Å². The molecule has 1 nitrogen and oxygen atoms in total. The summed E-state index contributed by atoms with van der Waals surface area (Å²) in [4.78, 5) is 0. The van der Waals surface area contributed by atoms with Gasteiger partial charge in [-0.2, -0.15) is 0 Å². The molecule has 0 bridgehead atoms. The molecule has 0 N–H and O–H groups in total. The van der Waals surface area contributed by atoms with Crippen LogP contribution in [0.5, 0.6) is 0 Å². The van der Waals surface area contributed by atoms with E-state index < -0.39 is 0 Å². The van der Waals surface area contributed by atoms with Crippen LogP contribution in [0.2, 0.25) is 0 Å². The Hall–Kier alpha value is -0.0400. The van der Waals surface area contributed by atoms with Crippen LogP contribution in [0.1, 0.15) is 20.3 Å². The average Bonchev–Trinajstić information content (AvgIpc) is 2.17. The van der Waals surface area contributed by atoms with E-state index in [1.807, 2.05) is 0 Å². The maximum Gasteiger partial charge on any atom is 0.0815 e. The topological polar surface area (TPSA) is 12.5 Å². The minimum absolute atomic E-state index is 0.588. The zero-order chi connectivity index (χ0) is 5.28. The van der Waals surface area contributed by atoms with Crippen molar-refractivity contribution in [3.05, 3.63) is 5.92 Å². The molecule has 1 atom stereocenters. The Morgan fingerprint density at radius 1 is 1.71 bits per heavy atom. The number of hydrogen-bond acceptors (Lipinski definition) is 1. The molecule has 41 valence electrons. The molecule has 0 saturated carbocycles. The Kier molecular flexibility index (Phi) is 1.33. The van der Waals surface area contributed by atoms with Crippen molar-refractivity contribution in [2.24, 2.45) is 0 Å². The molecule has 0 spiro atoms. The van der Waals surface area contributed by atoms with Crippen molar-refractivity contribution in [1.82, 2.24) is 0 Å². The molecule has 1 aliphatic heterocycles. The molecular formula is C6H11O. The highest BCUT2D eigenvalue weighted by molar-refractivity contribution is 4.85. The smallest absolute Gasteiger partial charge is 0.0815 e. The normalized spacial score (nSPS) is 28.7. The highest BCUT2D eigenvalue weighted by atomic mass is 16.6. The molecule has 1 radical (unpaired) electrons. The largest absolute Gasteiger partial charge is 0.373 e. The first kappa shape index (κ1) is 5.10. The number of epoxide rings is 1. The first-order chi connectivity index (χ1) is 3.29. The molecule has 1 heteroatoms. The fourth-order valence-corrected chi connectivity index (χ4v) is 0.641. The summed E-state index contributed by atoms with van der Waals surface area (Å²) in [7, 11) is 0. The molecular weight excluding hydrogens is 88.1 g/mol. The number of hydrogen-bond donors (Lipinski definition) is 0. The van der Waals surface area contributed by atoms with Gasteiger partial charge in [0.25, 0.3) is 0 Å². The van der Waals surface area contributed by atoms with E-state index in [-0.39, 0.29) is 0 Å². The van der Waals surface area contributed by atoms with Gasteiger partial charge in [-0.25, -0.2) is 0 Å². The van der Waals surface area contributed by atoms with Crippen molar-refractivity contribution in [1.29, 1.82) is 0 Å². The van der Waals surface area contributed by atoms with Crippen LogP contribution >= 0.6 is 0 Å². The second kappa shape index (κ2) is 1.83. The molecule has 0 aromatic heterocycles. The van der Waals surface area contributed by atoms with Crippen LogP contribution in [0.3, 0.4) is 0 Å². The van der Waals surface area contributed by atoms with Gasteiger partial charge in [0.2, 0.25) is 0 Å². The van der Waals surface area contributed by atoms with Gasteiger partial charge in [0, 0.05) is 0 Å². The predicted molar refractivity (Wildman–Crippen MR) is 28.9 cm³/mol. The van der Waals surface area contributed by atoms with Gasteiger partial charge in [-0.3, -0.25) is 0 Å². The van der Waals surface area contributed by atoms with Crippen LogP contribution in [0.25, 0.3) is 0 Å². The van der Waals surface area contributed by atoms with Gasteiger partial charge in [-0.1, -0.05) is 13.8 Å². The van der Waals surface area contributed by atoms with Gasteiger partial charge in [0.15, 0.2) is 0 Å². The minimum Gasteiger partial charge on any atom is -0.373 e. The third kappa shape index (κ3) is 1.93. The molecule has 1 fully saturated rings. The maximum atomic E-state index is 5.00. The van der Waals surface area contributed by atoms with E-state index >= 15 is 0 Å². The summed E-state index contributed by atoms with van der Waals surface area (Å²) in [6, 6.07) is 0. The van der Waals surface area contributed by atoms with Crippen LogP contribution < -0.4 is 0 Å².